The Hall–Kier alpha value is -0.480. The molecule has 1 saturated heterocycles. The van der Waals surface area contributed by atoms with Crippen LogP contribution in [0.15, 0.2) is 18.2 Å². The molecule has 140 valence electrons. The molecule has 0 saturated carbocycles. The summed E-state index contributed by atoms with van der Waals surface area (Å²) in [5, 5.41) is 3.46. The zero-order valence-electron chi connectivity index (χ0n) is 15.7. The highest BCUT2D eigenvalue weighted by Gasteiger charge is 2.26. The van der Waals surface area contributed by atoms with Gasteiger partial charge in [-0.05, 0) is 29.9 Å². The lowest BCUT2D eigenvalue weighted by Gasteiger charge is -2.37. The minimum absolute atomic E-state index is 0. The molecule has 5 heteroatoms. The van der Waals surface area contributed by atoms with Crippen molar-refractivity contribution in [1.29, 1.82) is 0 Å². The van der Waals surface area contributed by atoms with E-state index >= 15 is 0 Å². The molecule has 1 aromatic rings. The van der Waals surface area contributed by atoms with Crippen LogP contribution in [0.25, 0.3) is 0 Å². The van der Waals surface area contributed by atoms with E-state index in [0.717, 1.165) is 31.9 Å². The zero-order valence-corrected chi connectivity index (χ0v) is 17.3. The molecular formula is C19H34Cl2N2O. The van der Waals surface area contributed by atoms with E-state index in [4.69, 9.17) is 4.74 Å². The SMILES string of the molecule is COc1ccc(C(C)C)cc1[C@@H](CC(C)C)N1CCNCC1.Cl.Cl. The Labute approximate surface area is 160 Å². The molecule has 0 amide bonds. The summed E-state index contributed by atoms with van der Waals surface area (Å²) in [5.41, 5.74) is 2.77. The van der Waals surface area contributed by atoms with Gasteiger partial charge in [0.15, 0.2) is 0 Å². The Kier molecular flexibility index (Phi) is 11.0. The highest BCUT2D eigenvalue weighted by Crippen LogP contribution is 2.36. The van der Waals surface area contributed by atoms with E-state index in [2.05, 4.69) is 56.1 Å². The summed E-state index contributed by atoms with van der Waals surface area (Å²) in [4.78, 5) is 2.62. The fraction of sp³-hybridized carbons (Fsp3) is 0.684. The maximum Gasteiger partial charge on any atom is 0.123 e. The van der Waals surface area contributed by atoms with Crippen LogP contribution in [-0.2, 0) is 0 Å². The van der Waals surface area contributed by atoms with E-state index in [1.54, 1.807) is 7.11 Å². The summed E-state index contributed by atoms with van der Waals surface area (Å²) in [6, 6.07) is 7.19. The first kappa shape index (κ1) is 23.5. The van der Waals surface area contributed by atoms with Gasteiger partial charge in [0.25, 0.3) is 0 Å². The molecule has 0 radical (unpaired) electrons. The lowest BCUT2D eigenvalue weighted by Crippen LogP contribution is -2.45. The van der Waals surface area contributed by atoms with Gasteiger partial charge in [0, 0.05) is 37.8 Å². The largest absolute Gasteiger partial charge is 0.496 e. The number of nitrogens with one attached hydrogen (secondary N) is 1. The molecule has 24 heavy (non-hydrogen) atoms. The van der Waals surface area contributed by atoms with Gasteiger partial charge in [0.1, 0.15) is 5.75 Å². The third kappa shape index (κ3) is 6.11. The molecule has 1 heterocycles. The molecule has 2 rings (SSSR count). The maximum atomic E-state index is 5.69. The van der Waals surface area contributed by atoms with Crippen molar-refractivity contribution in [3.63, 3.8) is 0 Å². The molecule has 3 nitrogen and oxygen atoms in total. The summed E-state index contributed by atoms with van der Waals surface area (Å²) in [6.07, 6.45) is 1.18. The van der Waals surface area contributed by atoms with Gasteiger partial charge in [0.05, 0.1) is 7.11 Å². The average molecular weight is 377 g/mol. The Bertz CT molecular complexity index is 474. The van der Waals surface area contributed by atoms with Crippen LogP contribution in [0.4, 0.5) is 0 Å². The van der Waals surface area contributed by atoms with E-state index in [0.29, 0.717) is 17.9 Å². The Morgan fingerprint density at radius 3 is 2.21 bits per heavy atom. The number of ether oxygens (including phenoxy) is 1. The van der Waals surface area contributed by atoms with Crippen LogP contribution in [-0.4, -0.2) is 38.2 Å². The molecule has 1 fully saturated rings. The number of piperazine rings is 1. The monoisotopic (exact) mass is 376 g/mol. The van der Waals surface area contributed by atoms with Crippen molar-refractivity contribution in [3.8, 4) is 5.75 Å². The third-order valence-electron chi connectivity index (χ3n) is 4.57. The maximum absolute atomic E-state index is 5.69. The van der Waals surface area contributed by atoms with Crippen LogP contribution in [0, 0.1) is 5.92 Å². The van der Waals surface area contributed by atoms with Gasteiger partial charge in [-0.25, -0.2) is 0 Å². The highest BCUT2D eigenvalue weighted by atomic mass is 35.5. The summed E-state index contributed by atoms with van der Waals surface area (Å²) < 4.78 is 5.69. The van der Waals surface area contributed by atoms with E-state index < -0.39 is 0 Å². The standard InChI is InChI=1S/C19H32N2O.2ClH/c1-14(2)12-18(21-10-8-20-9-11-21)17-13-16(15(3)4)6-7-19(17)22-5;;/h6-7,13-15,18,20H,8-12H2,1-5H3;2*1H/t18-;;/m1../s1. The smallest absolute Gasteiger partial charge is 0.123 e. The van der Waals surface area contributed by atoms with Crippen molar-refractivity contribution in [2.75, 3.05) is 33.3 Å². The Morgan fingerprint density at radius 2 is 1.71 bits per heavy atom. The van der Waals surface area contributed by atoms with E-state index in [9.17, 15) is 0 Å². The predicted octanol–water partition coefficient (Wildman–Crippen LogP) is 4.65. The van der Waals surface area contributed by atoms with Crippen LogP contribution in [0.5, 0.6) is 5.75 Å². The Balaban J connectivity index is 0.00000264. The van der Waals surface area contributed by atoms with E-state index in [-0.39, 0.29) is 24.8 Å². The number of halogens is 2. The first-order chi connectivity index (χ1) is 10.5. The van der Waals surface area contributed by atoms with Crippen molar-refractivity contribution in [2.24, 2.45) is 5.92 Å². The van der Waals surface area contributed by atoms with Gasteiger partial charge in [-0.3, -0.25) is 4.90 Å². The lowest BCUT2D eigenvalue weighted by atomic mass is 9.91. The topological polar surface area (TPSA) is 24.5 Å². The lowest BCUT2D eigenvalue weighted by molar-refractivity contribution is 0.151. The first-order valence-corrected chi connectivity index (χ1v) is 8.65. The molecule has 0 aromatic heterocycles. The van der Waals surface area contributed by atoms with E-state index in [1.165, 1.54) is 17.5 Å². The minimum Gasteiger partial charge on any atom is -0.496 e. The molecule has 1 aromatic carbocycles. The van der Waals surface area contributed by atoms with Crippen molar-refractivity contribution in [3.05, 3.63) is 29.3 Å². The fourth-order valence-corrected chi connectivity index (χ4v) is 3.29. The summed E-state index contributed by atoms with van der Waals surface area (Å²) in [7, 11) is 1.79. The summed E-state index contributed by atoms with van der Waals surface area (Å²) in [5.74, 6) is 2.26. The average Bonchev–Trinajstić information content (AvgIpc) is 2.52. The van der Waals surface area contributed by atoms with Crippen molar-refractivity contribution < 1.29 is 4.74 Å². The first-order valence-electron chi connectivity index (χ1n) is 8.65. The van der Waals surface area contributed by atoms with Crippen LogP contribution in [0.2, 0.25) is 0 Å². The van der Waals surface area contributed by atoms with Gasteiger partial charge in [0.2, 0.25) is 0 Å². The van der Waals surface area contributed by atoms with Crippen molar-refractivity contribution >= 4 is 24.8 Å². The van der Waals surface area contributed by atoms with Gasteiger partial charge in [-0.15, -0.1) is 24.8 Å². The molecule has 0 aliphatic carbocycles. The second-order valence-corrected chi connectivity index (χ2v) is 7.09. The normalized spacial score (nSPS) is 16.5. The molecule has 1 N–H and O–H groups in total. The molecular weight excluding hydrogens is 343 g/mol. The van der Waals surface area contributed by atoms with Crippen LogP contribution >= 0.6 is 24.8 Å². The third-order valence-corrected chi connectivity index (χ3v) is 4.57. The molecule has 1 atom stereocenters. The van der Waals surface area contributed by atoms with Crippen molar-refractivity contribution in [2.45, 2.75) is 46.1 Å². The second-order valence-electron chi connectivity index (χ2n) is 7.09. The van der Waals surface area contributed by atoms with Gasteiger partial charge in [-0.1, -0.05) is 39.8 Å². The predicted molar refractivity (Wildman–Crippen MR) is 108 cm³/mol. The van der Waals surface area contributed by atoms with Crippen LogP contribution in [0.1, 0.15) is 57.2 Å². The minimum atomic E-state index is 0. The Morgan fingerprint density at radius 1 is 1.08 bits per heavy atom. The molecule has 0 unspecified atom stereocenters. The molecule has 0 bridgehead atoms. The van der Waals surface area contributed by atoms with Gasteiger partial charge >= 0.3 is 0 Å². The van der Waals surface area contributed by atoms with Gasteiger partial charge in [-0.2, -0.15) is 0 Å². The van der Waals surface area contributed by atoms with Crippen molar-refractivity contribution in [1.82, 2.24) is 10.2 Å². The highest BCUT2D eigenvalue weighted by molar-refractivity contribution is 5.85. The van der Waals surface area contributed by atoms with Gasteiger partial charge < -0.3 is 10.1 Å². The molecule has 1 aliphatic heterocycles. The number of rotatable bonds is 6. The zero-order chi connectivity index (χ0) is 16.1. The van der Waals surface area contributed by atoms with Crippen LogP contribution < -0.4 is 10.1 Å². The quantitative estimate of drug-likeness (QED) is 0.781. The van der Waals surface area contributed by atoms with E-state index in [1.807, 2.05) is 0 Å². The number of nitrogens with zero attached hydrogens (tertiary/aromatic N) is 1. The summed E-state index contributed by atoms with van der Waals surface area (Å²) in [6.45, 7) is 13.5. The summed E-state index contributed by atoms with van der Waals surface area (Å²) >= 11 is 0. The fourth-order valence-electron chi connectivity index (χ4n) is 3.29. The van der Waals surface area contributed by atoms with Crippen LogP contribution in [0.3, 0.4) is 0 Å². The number of benzene rings is 1. The second kappa shape index (κ2) is 11.2. The number of hydrogen-bond acceptors (Lipinski definition) is 3. The molecule has 0 spiro atoms. The molecule has 1 aliphatic rings. The number of hydrogen-bond donors (Lipinski definition) is 1. The number of methoxy groups -OCH3 is 1.